The molecule has 21 heavy (non-hydrogen) atoms. The molecule has 1 amide bonds. The summed E-state index contributed by atoms with van der Waals surface area (Å²) in [6, 6.07) is 14.4. The number of amides is 1. The normalized spacial score (nSPS) is 10.5. The maximum absolute atomic E-state index is 11.6. The average Bonchev–Trinajstić information content (AvgIpc) is 2.45. The lowest BCUT2D eigenvalue weighted by atomic mass is 10.2. The molecule has 2 rings (SSSR count). The molecule has 5 heteroatoms. The molecule has 0 aliphatic heterocycles. The Hall–Kier alpha value is -2.82. The number of nitrogens with one attached hydrogen (secondary N) is 2. The van der Waals surface area contributed by atoms with Crippen LogP contribution in [-0.4, -0.2) is 23.8 Å². The summed E-state index contributed by atoms with van der Waals surface area (Å²) >= 11 is 0. The van der Waals surface area contributed by atoms with Crippen LogP contribution in [0.4, 0.5) is 5.69 Å². The molecule has 2 aromatic carbocycles. The van der Waals surface area contributed by atoms with Gasteiger partial charge < -0.3 is 10.4 Å². The zero-order valence-electron chi connectivity index (χ0n) is 11.7. The monoisotopic (exact) mass is 283 g/mol. The first kappa shape index (κ1) is 14.6. The van der Waals surface area contributed by atoms with Crippen molar-refractivity contribution in [2.45, 2.75) is 6.92 Å². The summed E-state index contributed by atoms with van der Waals surface area (Å²) in [5, 5.41) is 16.1. The van der Waals surface area contributed by atoms with Gasteiger partial charge in [-0.05, 0) is 42.3 Å². The quantitative estimate of drug-likeness (QED) is 0.582. The fourth-order valence-electron chi connectivity index (χ4n) is 1.76. The third-order valence-electron chi connectivity index (χ3n) is 2.74. The molecule has 0 fully saturated rings. The molecule has 0 heterocycles. The zero-order chi connectivity index (χ0) is 15.1. The van der Waals surface area contributed by atoms with Gasteiger partial charge in [-0.2, -0.15) is 5.10 Å². The van der Waals surface area contributed by atoms with Gasteiger partial charge in [-0.3, -0.25) is 4.79 Å². The van der Waals surface area contributed by atoms with Gasteiger partial charge in [0.1, 0.15) is 5.75 Å². The Kier molecular flexibility index (Phi) is 4.93. The Labute approximate surface area is 123 Å². The molecule has 0 saturated heterocycles. The summed E-state index contributed by atoms with van der Waals surface area (Å²) in [7, 11) is 0. The Morgan fingerprint density at radius 1 is 1.24 bits per heavy atom. The highest BCUT2D eigenvalue weighted by atomic mass is 16.3. The van der Waals surface area contributed by atoms with Crippen molar-refractivity contribution in [3.63, 3.8) is 0 Å². The number of hydrazone groups is 1. The predicted molar refractivity (Wildman–Crippen MR) is 83.5 cm³/mol. The number of anilines is 1. The SMILES string of the molecule is Cc1cccc(NCC(=O)N/N=C\c2cccc(O)c2)c1. The van der Waals surface area contributed by atoms with E-state index in [1.165, 1.54) is 6.21 Å². The van der Waals surface area contributed by atoms with E-state index < -0.39 is 0 Å². The van der Waals surface area contributed by atoms with Crippen LogP contribution in [0.25, 0.3) is 0 Å². The summed E-state index contributed by atoms with van der Waals surface area (Å²) in [5.41, 5.74) is 5.15. The van der Waals surface area contributed by atoms with Crippen molar-refractivity contribution in [1.82, 2.24) is 5.43 Å². The summed E-state index contributed by atoms with van der Waals surface area (Å²) in [5.74, 6) is -0.0840. The van der Waals surface area contributed by atoms with Crippen LogP contribution in [0.15, 0.2) is 53.6 Å². The van der Waals surface area contributed by atoms with Crippen LogP contribution >= 0.6 is 0 Å². The average molecular weight is 283 g/mol. The third kappa shape index (κ3) is 4.99. The molecule has 0 aromatic heterocycles. The second kappa shape index (κ2) is 7.09. The van der Waals surface area contributed by atoms with Gasteiger partial charge >= 0.3 is 0 Å². The molecule has 0 saturated carbocycles. The molecule has 0 aliphatic rings. The van der Waals surface area contributed by atoms with Gasteiger partial charge in [0.15, 0.2) is 0 Å². The number of hydrogen-bond donors (Lipinski definition) is 3. The van der Waals surface area contributed by atoms with Crippen molar-refractivity contribution in [1.29, 1.82) is 0 Å². The number of rotatable bonds is 5. The molecule has 0 atom stereocenters. The lowest BCUT2D eigenvalue weighted by Crippen LogP contribution is -2.25. The van der Waals surface area contributed by atoms with Gasteiger partial charge in [-0.1, -0.05) is 24.3 Å². The van der Waals surface area contributed by atoms with Crippen molar-refractivity contribution >= 4 is 17.8 Å². The van der Waals surface area contributed by atoms with Gasteiger partial charge in [-0.15, -0.1) is 0 Å². The zero-order valence-corrected chi connectivity index (χ0v) is 11.7. The number of carbonyl (C=O) groups is 1. The molecular weight excluding hydrogens is 266 g/mol. The first-order valence-corrected chi connectivity index (χ1v) is 6.55. The molecule has 0 spiro atoms. The van der Waals surface area contributed by atoms with Crippen LogP contribution in [0.3, 0.4) is 0 Å². The number of benzene rings is 2. The minimum absolute atomic E-state index is 0.140. The summed E-state index contributed by atoms with van der Waals surface area (Å²) in [6.45, 7) is 2.13. The largest absolute Gasteiger partial charge is 0.508 e. The second-order valence-electron chi connectivity index (χ2n) is 4.61. The van der Waals surface area contributed by atoms with E-state index in [9.17, 15) is 9.90 Å². The van der Waals surface area contributed by atoms with E-state index in [4.69, 9.17) is 0 Å². The van der Waals surface area contributed by atoms with E-state index in [2.05, 4.69) is 15.8 Å². The predicted octanol–water partition coefficient (Wildman–Crippen LogP) is 2.26. The van der Waals surface area contributed by atoms with Crippen LogP contribution in [-0.2, 0) is 4.79 Å². The van der Waals surface area contributed by atoms with E-state index in [0.29, 0.717) is 5.56 Å². The standard InChI is InChI=1S/C16H17N3O2/c1-12-4-2-6-14(8-12)17-11-16(21)19-18-10-13-5-3-7-15(20)9-13/h2-10,17,20H,11H2,1H3,(H,19,21)/b18-10-. The van der Waals surface area contributed by atoms with Crippen LogP contribution in [0.2, 0.25) is 0 Å². The maximum Gasteiger partial charge on any atom is 0.259 e. The van der Waals surface area contributed by atoms with Crippen LogP contribution in [0.5, 0.6) is 5.75 Å². The van der Waals surface area contributed by atoms with E-state index in [-0.39, 0.29) is 18.2 Å². The molecule has 5 nitrogen and oxygen atoms in total. The molecular formula is C16H17N3O2. The number of carbonyl (C=O) groups excluding carboxylic acids is 1. The highest BCUT2D eigenvalue weighted by Crippen LogP contribution is 2.09. The van der Waals surface area contributed by atoms with Gasteiger partial charge in [0, 0.05) is 5.69 Å². The maximum atomic E-state index is 11.6. The third-order valence-corrected chi connectivity index (χ3v) is 2.74. The molecule has 0 radical (unpaired) electrons. The van der Waals surface area contributed by atoms with Crippen molar-refractivity contribution < 1.29 is 9.90 Å². The summed E-state index contributed by atoms with van der Waals surface area (Å²) < 4.78 is 0. The highest BCUT2D eigenvalue weighted by molar-refractivity contribution is 5.84. The molecule has 0 bridgehead atoms. The van der Waals surface area contributed by atoms with Crippen LogP contribution in [0, 0.1) is 6.92 Å². The van der Waals surface area contributed by atoms with E-state index in [0.717, 1.165) is 11.3 Å². The minimum atomic E-state index is -0.243. The molecule has 2 aromatic rings. The summed E-state index contributed by atoms with van der Waals surface area (Å²) in [6.07, 6.45) is 1.48. The fraction of sp³-hybridized carbons (Fsp3) is 0.125. The molecule has 108 valence electrons. The molecule has 0 aliphatic carbocycles. The topological polar surface area (TPSA) is 73.7 Å². The Bertz CT molecular complexity index is 653. The van der Waals surface area contributed by atoms with Crippen molar-refractivity contribution in [2.24, 2.45) is 5.10 Å². The Morgan fingerprint density at radius 2 is 2.05 bits per heavy atom. The van der Waals surface area contributed by atoms with Crippen molar-refractivity contribution in [2.75, 3.05) is 11.9 Å². The first-order chi connectivity index (χ1) is 10.1. The number of phenols is 1. The van der Waals surface area contributed by atoms with Crippen molar-refractivity contribution in [3.8, 4) is 5.75 Å². The number of nitrogens with zero attached hydrogens (tertiary/aromatic N) is 1. The van der Waals surface area contributed by atoms with Gasteiger partial charge in [0.05, 0.1) is 12.8 Å². The van der Waals surface area contributed by atoms with Crippen LogP contribution in [0.1, 0.15) is 11.1 Å². The van der Waals surface area contributed by atoms with Crippen LogP contribution < -0.4 is 10.7 Å². The fourth-order valence-corrected chi connectivity index (χ4v) is 1.76. The first-order valence-electron chi connectivity index (χ1n) is 6.55. The number of phenolic OH excluding ortho intramolecular Hbond substituents is 1. The van der Waals surface area contributed by atoms with Crippen molar-refractivity contribution in [3.05, 3.63) is 59.7 Å². The molecule has 0 unspecified atom stereocenters. The second-order valence-corrected chi connectivity index (χ2v) is 4.61. The lowest BCUT2D eigenvalue weighted by molar-refractivity contribution is -0.119. The number of hydrogen-bond acceptors (Lipinski definition) is 4. The van der Waals surface area contributed by atoms with Gasteiger partial charge in [0.2, 0.25) is 0 Å². The highest BCUT2D eigenvalue weighted by Gasteiger charge is 1.99. The van der Waals surface area contributed by atoms with Gasteiger partial charge in [0.25, 0.3) is 5.91 Å². The van der Waals surface area contributed by atoms with Gasteiger partial charge in [-0.25, -0.2) is 5.43 Å². The number of aryl methyl sites for hydroxylation is 1. The lowest BCUT2D eigenvalue weighted by Gasteiger charge is -2.05. The summed E-state index contributed by atoms with van der Waals surface area (Å²) in [4.78, 5) is 11.6. The molecule has 3 N–H and O–H groups in total. The Balaban J connectivity index is 1.80. The van der Waals surface area contributed by atoms with E-state index >= 15 is 0 Å². The van der Waals surface area contributed by atoms with E-state index in [1.54, 1.807) is 24.3 Å². The smallest absolute Gasteiger partial charge is 0.259 e. The minimum Gasteiger partial charge on any atom is -0.508 e. The Morgan fingerprint density at radius 3 is 2.81 bits per heavy atom. The van der Waals surface area contributed by atoms with E-state index in [1.807, 2.05) is 31.2 Å². The number of aromatic hydroxyl groups is 1.